The van der Waals surface area contributed by atoms with Crippen LogP contribution < -0.4 is 15.0 Å². The van der Waals surface area contributed by atoms with Crippen LogP contribution in [0, 0.1) is 0 Å². The van der Waals surface area contributed by atoms with Crippen molar-refractivity contribution < 1.29 is 23.0 Å². The highest BCUT2D eigenvalue weighted by atomic mass is 19.4. The standard InChI is InChI=1S/C31H29F3N2O2/c1-3-36(4-2)24-14-15-26-29(18-24)38-28-16-13-23(35-22-11-9-21(10-12-22)31(32,33)34)17-27(28)30(26)25-8-6-5-7-20(25)19-37/h5-18,30,35,37H,3-4,19H2,1-2H3. The Hall–Kier alpha value is -3.97. The van der Waals surface area contributed by atoms with Crippen molar-refractivity contribution in [2.24, 2.45) is 0 Å². The molecule has 0 saturated heterocycles. The summed E-state index contributed by atoms with van der Waals surface area (Å²) in [6.07, 6.45) is -4.38. The Kier molecular flexibility index (Phi) is 7.04. The Bertz CT molecular complexity index is 1430. The van der Waals surface area contributed by atoms with Gasteiger partial charge < -0.3 is 20.1 Å². The highest BCUT2D eigenvalue weighted by Crippen LogP contribution is 2.50. The maximum absolute atomic E-state index is 13.0. The van der Waals surface area contributed by atoms with Crippen LogP contribution in [0.25, 0.3) is 0 Å². The molecule has 38 heavy (non-hydrogen) atoms. The van der Waals surface area contributed by atoms with Gasteiger partial charge in [-0.05, 0) is 73.5 Å². The van der Waals surface area contributed by atoms with Crippen LogP contribution in [-0.4, -0.2) is 18.2 Å². The Morgan fingerprint density at radius 1 is 0.789 bits per heavy atom. The van der Waals surface area contributed by atoms with Crippen LogP contribution in [0.15, 0.2) is 84.9 Å². The first-order valence-electron chi connectivity index (χ1n) is 12.7. The van der Waals surface area contributed by atoms with Crippen LogP contribution in [0.2, 0.25) is 0 Å². The molecule has 1 heterocycles. The van der Waals surface area contributed by atoms with Gasteiger partial charge in [-0.2, -0.15) is 13.2 Å². The van der Waals surface area contributed by atoms with Crippen LogP contribution in [0.5, 0.6) is 11.5 Å². The molecule has 1 atom stereocenters. The number of fused-ring (bicyclic) bond motifs is 2. The number of alkyl halides is 3. The molecule has 4 aromatic carbocycles. The van der Waals surface area contributed by atoms with Crippen molar-refractivity contribution in [2.45, 2.75) is 32.5 Å². The first kappa shape index (κ1) is 25.7. The lowest BCUT2D eigenvalue weighted by Crippen LogP contribution is -2.22. The van der Waals surface area contributed by atoms with E-state index < -0.39 is 11.7 Å². The third-order valence-electron chi connectivity index (χ3n) is 7.01. The van der Waals surface area contributed by atoms with E-state index in [0.29, 0.717) is 11.4 Å². The summed E-state index contributed by atoms with van der Waals surface area (Å²) in [5, 5.41) is 13.3. The predicted molar refractivity (Wildman–Crippen MR) is 145 cm³/mol. The fourth-order valence-electron chi connectivity index (χ4n) is 5.07. The molecule has 0 aromatic heterocycles. The minimum Gasteiger partial charge on any atom is -0.457 e. The molecule has 4 aromatic rings. The molecular weight excluding hydrogens is 489 g/mol. The molecule has 7 heteroatoms. The molecule has 4 nitrogen and oxygen atoms in total. The summed E-state index contributed by atoms with van der Waals surface area (Å²) in [6.45, 7) is 5.89. The largest absolute Gasteiger partial charge is 0.457 e. The van der Waals surface area contributed by atoms with Gasteiger partial charge in [0.15, 0.2) is 0 Å². The fourth-order valence-corrected chi connectivity index (χ4v) is 5.07. The molecule has 0 saturated carbocycles. The SMILES string of the molecule is CCN(CC)c1ccc2c(c1)Oc1ccc(Nc3ccc(C(F)(F)F)cc3)cc1C2c1ccccc1CO. The normalized spacial score (nSPS) is 14.3. The molecule has 196 valence electrons. The maximum atomic E-state index is 13.0. The van der Waals surface area contributed by atoms with E-state index in [1.165, 1.54) is 12.1 Å². The van der Waals surface area contributed by atoms with E-state index in [-0.39, 0.29) is 12.5 Å². The number of ether oxygens (including phenoxy) is 1. The molecule has 1 unspecified atom stereocenters. The Morgan fingerprint density at radius 2 is 1.50 bits per heavy atom. The lowest BCUT2D eigenvalue weighted by atomic mass is 9.80. The van der Waals surface area contributed by atoms with Gasteiger partial charge in [0, 0.05) is 53.3 Å². The number of nitrogens with zero attached hydrogens (tertiary/aromatic N) is 1. The zero-order valence-corrected chi connectivity index (χ0v) is 21.2. The van der Waals surface area contributed by atoms with Crippen molar-refractivity contribution in [1.29, 1.82) is 0 Å². The summed E-state index contributed by atoms with van der Waals surface area (Å²) in [4.78, 5) is 2.26. The molecule has 0 amide bonds. The number of rotatable bonds is 7. The Labute approximate surface area is 220 Å². The van der Waals surface area contributed by atoms with Crippen molar-refractivity contribution in [1.82, 2.24) is 0 Å². The van der Waals surface area contributed by atoms with Crippen LogP contribution in [0.1, 0.15) is 47.6 Å². The topological polar surface area (TPSA) is 44.7 Å². The number of anilines is 3. The second-order valence-corrected chi connectivity index (χ2v) is 9.24. The zero-order chi connectivity index (χ0) is 26.9. The molecule has 1 aliphatic rings. The van der Waals surface area contributed by atoms with Gasteiger partial charge in [-0.15, -0.1) is 0 Å². The summed E-state index contributed by atoms with van der Waals surface area (Å²) in [5.41, 5.74) is 5.35. The van der Waals surface area contributed by atoms with Crippen molar-refractivity contribution in [3.05, 3.63) is 113 Å². The molecule has 1 aliphatic heterocycles. The van der Waals surface area contributed by atoms with E-state index in [0.717, 1.165) is 64.6 Å². The molecule has 5 rings (SSSR count). The third kappa shape index (κ3) is 4.94. The summed E-state index contributed by atoms with van der Waals surface area (Å²) in [5.74, 6) is 1.27. The van der Waals surface area contributed by atoms with Gasteiger partial charge in [-0.1, -0.05) is 30.3 Å². The minimum absolute atomic E-state index is 0.0980. The second kappa shape index (κ2) is 10.4. The van der Waals surface area contributed by atoms with E-state index in [4.69, 9.17) is 4.74 Å². The molecule has 0 radical (unpaired) electrons. The highest BCUT2D eigenvalue weighted by Gasteiger charge is 2.32. The maximum Gasteiger partial charge on any atom is 0.416 e. The monoisotopic (exact) mass is 518 g/mol. The number of nitrogens with one attached hydrogen (secondary N) is 1. The number of aliphatic hydroxyl groups is 1. The van der Waals surface area contributed by atoms with Crippen molar-refractivity contribution in [2.75, 3.05) is 23.3 Å². The van der Waals surface area contributed by atoms with Crippen LogP contribution in [-0.2, 0) is 12.8 Å². The number of halogens is 3. The molecule has 0 bridgehead atoms. The zero-order valence-electron chi connectivity index (χ0n) is 21.2. The highest BCUT2D eigenvalue weighted by molar-refractivity contribution is 5.69. The molecule has 0 aliphatic carbocycles. The quantitative estimate of drug-likeness (QED) is 0.229. The molecule has 0 fully saturated rings. The van der Waals surface area contributed by atoms with Crippen molar-refractivity contribution in [3.8, 4) is 11.5 Å². The van der Waals surface area contributed by atoms with Crippen LogP contribution in [0.3, 0.4) is 0 Å². The average molecular weight is 519 g/mol. The number of hydrogen-bond acceptors (Lipinski definition) is 4. The smallest absolute Gasteiger partial charge is 0.416 e. The summed E-state index contributed by atoms with van der Waals surface area (Å²) < 4.78 is 45.3. The first-order valence-corrected chi connectivity index (χ1v) is 12.7. The molecule has 0 spiro atoms. The van der Waals surface area contributed by atoms with E-state index in [1.54, 1.807) is 0 Å². The van der Waals surface area contributed by atoms with Crippen LogP contribution in [0.4, 0.5) is 30.2 Å². The average Bonchev–Trinajstić information content (AvgIpc) is 2.92. The van der Waals surface area contributed by atoms with Gasteiger partial charge in [-0.25, -0.2) is 0 Å². The van der Waals surface area contributed by atoms with Gasteiger partial charge in [0.25, 0.3) is 0 Å². The predicted octanol–water partition coefficient (Wildman–Crippen LogP) is 8.07. The van der Waals surface area contributed by atoms with Gasteiger partial charge in [0.05, 0.1) is 12.2 Å². The third-order valence-corrected chi connectivity index (χ3v) is 7.01. The van der Waals surface area contributed by atoms with E-state index >= 15 is 0 Å². The van der Waals surface area contributed by atoms with Gasteiger partial charge >= 0.3 is 6.18 Å². The summed E-state index contributed by atoms with van der Waals surface area (Å²) in [7, 11) is 0. The first-order chi connectivity index (χ1) is 18.3. The van der Waals surface area contributed by atoms with E-state index in [2.05, 4.69) is 42.3 Å². The van der Waals surface area contributed by atoms with Crippen molar-refractivity contribution >= 4 is 17.1 Å². The Balaban J connectivity index is 1.57. The van der Waals surface area contributed by atoms with Gasteiger partial charge in [0.2, 0.25) is 0 Å². The van der Waals surface area contributed by atoms with Gasteiger partial charge in [0.1, 0.15) is 11.5 Å². The van der Waals surface area contributed by atoms with Crippen LogP contribution >= 0.6 is 0 Å². The number of hydrogen-bond donors (Lipinski definition) is 2. The lowest BCUT2D eigenvalue weighted by Gasteiger charge is -2.32. The summed E-state index contributed by atoms with van der Waals surface area (Å²) >= 11 is 0. The summed E-state index contributed by atoms with van der Waals surface area (Å²) in [6, 6.07) is 24.7. The van der Waals surface area contributed by atoms with Gasteiger partial charge in [-0.3, -0.25) is 0 Å². The van der Waals surface area contributed by atoms with E-state index in [1.807, 2.05) is 42.5 Å². The van der Waals surface area contributed by atoms with Crippen molar-refractivity contribution in [3.63, 3.8) is 0 Å². The second-order valence-electron chi connectivity index (χ2n) is 9.24. The Morgan fingerprint density at radius 3 is 2.18 bits per heavy atom. The number of benzene rings is 4. The molecule has 2 N–H and O–H groups in total. The fraction of sp³-hybridized carbons (Fsp3) is 0.226. The number of aliphatic hydroxyl groups excluding tert-OH is 1. The van der Waals surface area contributed by atoms with E-state index in [9.17, 15) is 18.3 Å². The minimum atomic E-state index is -4.38. The lowest BCUT2D eigenvalue weighted by molar-refractivity contribution is -0.137. The molecular formula is C31H29F3N2O2.